The molecular formula is C17H21N3O3S. The third-order valence-corrected chi connectivity index (χ3v) is 5.52. The first-order valence-electron chi connectivity index (χ1n) is 7.77. The van der Waals surface area contributed by atoms with E-state index >= 15 is 0 Å². The first kappa shape index (κ1) is 16.7. The summed E-state index contributed by atoms with van der Waals surface area (Å²) in [5.41, 5.74) is 1.89. The van der Waals surface area contributed by atoms with Crippen LogP contribution in [0.2, 0.25) is 0 Å². The molecule has 2 amide bonds. The van der Waals surface area contributed by atoms with Gasteiger partial charge >= 0.3 is 0 Å². The molecule has 0 aliphatic carbocycles. The molecule has 3 rings (SSSR count). The molecular weight excluding hydrogens is 326 g/mol. The molecule has 1 aromatic carbocycles. The first-order chi connectivity index (χ1) is 11.4. The van der Waals surface area contributed by atoms with E-state index in [1.54, 1.807) is 7.11 Å². The van der Waals surface area contributed by atoms with Gasteiger partial charge in [-0.15, -0.1) is 11.8 Å². The summed E-state index contributed by atoms with van der Waals surface area (Å²) in [5, 5.41) is 6.69. The maximum Gasteiger partial charge on any atom is 0.243 e. The average Bonchev–Trinajstić information content (AvgIpc) is 2.97. The molecule has 1 saturated heterocycles. The Hall–Kier alpha value is -2.15. The highest BCUT2D eigenvalue weighted by atomic mass is 32.2. The number of aromatic amines is 1. The normalized spacial score (nSPS) is 19.8. The summed E-state index contributed by atoms with van der Waals surface area (Å²) in [7, 11) is 1.63. The number of hydrogen-bond donors (Lipinski definition) is 3. The summed E-state index contributed by atoms with van der Waals surface area (Å²) >= 11 is 1.50. The minimum Gasteiger partial charge on any atom is -0.497 e. The molecule has 0 radical (unpaired) electrons. The van der Waals surface area contributed by atoms with Gasteiger partial charge in [0.15, 0.2) is 0 Å². The molecule has 128 valence electrons. The zero-order valence-electron chi connectivity index (χ0n) is 13.9. The summed E-state index contributed by atoms with van der Waals surface area (Å²) in [6, 6.07) is 7.27. The zero-order chi connectivity index (χ0) is 17.3. The van der Waals surface area contributed by atoms with Crippen molar-refractivity contribution in [3.8, 4) is 5.75 Å². The highest BCUT2D eigenvalue weighted by Gasteiger charge is 2.37. The van der Waals surface area contributed by atoms with Gasteiger partial charge in [0.1, 0.15) is 11.8 Å². The van der Waals surface area contributed by atoms with Gasteiger partial charge in [0.05, 0.1) is 18.4 Å². The number of amides is 2. The first-order valence-corrected chi connectivity index (χ1v) is 8.76. The Balaban J connectivity index is 1.61. The fraction of sp³-hybridized carbons (Fsp3) is 0.412. The third kappa shape index (κ3) is 3.36. The van der Waals surface area contributed by atoms with Crippen LogP contribution in [0.5, 0.6) is 5.75 Å². The van der Waals surface area contributed by atoms with Gasteiger partial charge in [-0.2, -0.15) is 0 Å². The minimum atomic E-state index is -0.486. The second-order valence-electron chi connectivity index (χ2n) is 6.31. The van der Waals surface area contributed by atoms with E-state index in [-0.39, 0.29) is 11.8 Å². The molecule has 0 saturated carbocycles. The van der Waals surface area contributed by atoms with E-state index in [0.29, 0.717) is 12.3 Å². The standard InChI is InChI=1S/C17H21N3O3S/c1-17(2)16(22)20-14(9-24-17)15(21)18-8-11-6-10-7-12(23-3)4-5-13(10)19-11/h4-7,14,19H,8-9H2,1-3H3,(H,18,21)(H,20,22)/t14-/m0/s1. The van der Waals surface area contributed by atoms with Crippen LogP contribution < -0.4 is 15.4 Å². The topological polar surface area (TPSA) is 83.2 Å². The van der Waals surface area contributed by atoms with Gasteiger partial charge in [-0.1, -0.05) is 0 Å². The predicted octanol–water partition coefficient (Wildman–Crippen LogP) is 1.80. The molecule has 0 unspecified atom stereocenters. The molecule has 0 bridgehead atoms. The molecule has 2 aromatic rings. The number of H-pyrrole nitrogens is 1. The largest absolute Gasteiger partial charge is 0.497 e. The molecule has 2 heterocycles. The maximum absolute atomic E-state index is 12.3. The van der Waals surface area contributed by atoms with Crippen LogP contribution in [0.25, 0.3) is 10.9 Å². The van der Waals surface area contributed by atoms with E-state index in [2.05, 4.69) is 15.6 Å². The van der Waals surface area contributed by atoms with Crippen LogP contribution in [0.4, 0.5) is 0 Å². The highest BCUT2D eigenvalue weighted by Crippen LogP contribution is 2.29. The Labute approximate surface area is 144 Å². The average molecular weight is 347 g/mol. The number of carbonyl (C=O) groups is 2. The van der Waals surface area contributed by atoms with Crippen LogP contribution in [0.15, 0.2) is 24.3 Å². The second kappa shape index (κ2) is 6.39. The molecule has 0 spiro atoms. The number of carbonyl (C=O) groups excluding carboxylic acids is 2. The zero-order valence-corrected chi connectivity index (χ0v) is 14.8. The number of rotatable bonds is 4. The molecule has 1 aliphatic heterocycles. The van der Waals surface area contributed by atoms with E-state index in [1.165, 1.54) is 11.8 Å². The van der Waals surface area contributed by atoms with Crippen molar-refractivity contribution in [1.82, 2.24) is 15.6 Å². The molecule has 1 atom stereocenters. The van der Waals surface area contributed by atoms with Crippen molar-refractivity contribution in [2.24, 2.45) is 0 Å². The van der Waals surface area contributed by atoms with Gasteiger partial charge < -0.3 is 20.4 Å². The van der Waals surface area contributed by atoms with Crippen LogP contribution in [0.1, 0.15) is 19.5 Å². The van der Waals surface area contributed by atoms with E-state index in [0.717, 1.165) is 22.3 Å². The lowest BCUT2D eigenvalue weighted by Gasteiger charge is -2.32. The van der Waals surface area contributed by atoms with Crippen molar-refractivity contribution in [1.29, 1.82) is 0 Å². The van der Waals surface area contributed by atoms with Crippen LogP contribution in [-0.4, -0.2) is 40.4 Å². The van der Waals surface area contributed by atoms with Gasteiger partial charge in [-0.05, 0) is 38.1 Å². The summed E-state index contributed by atoms with van der Waals surface area (Å²) in [4.78, 5) is 27.5. The number of ether oxygens (including phenoxy) is 1. The lowest BCUT2D eigenvalue weighted by Crippen LogP contribution is -2.57. The van der Waals surface area contributed by atoms with Crippen molar-refractivity contribution in [3.63, 3.8) is 0 Å². The fourth-order valence-corrected chi connectivity index (χ4v) is 3.58. The SMILES string of the molecule is COc1ccc2[nH]c(CNC(=O)[C@@H]3CSC(C)(C)C(=O)N3)cc2c1. The lowest BCUT2D eigenvalue weighted by atomic mass is 10.1. The molecule has 1 aliphatic rings. The monoisotopic (exact) mass is 347 g/mol. The fourth-order valence-electron chi connectivity index (χ4n) is 2.57. The van der Waals surface area contributed by atoms with Crippen LogP contribution in [0, 0.1) is 0 Å². The van der Waals surface area contributed by atoms with Crippen molar-refractivity contribution < 1.29 is 14.3 Å². The van der Waals surface area contributed by atoms with E-state index in [9.17, 15) is 9.59 Å². The lowest BCUT2D eigenvalue weighted by molar-refractivity contribution is -0.129. The smallest absolute Gasteiger partial charge is 0.243 e. The summed E-state index contributed by atoms with van der Waals surface area (Å²) < 4.78 is 4.73. The quantitative estimate of drug-likeness (QED) is 0.788. The molecule has 7 heteroatoms. The molecule has 1 fully saturated rings. The Bertz CT molecular complexity index is 784. The van der Waals surface area contributed by atoms with Crippen LogP contribution in [0.3, 0.4) is 0 Å². The minimum absolute atomic E-state index is 0.100. The summed E-state index contributed by atoms with van der Waals surface area (Å²) in [6.45, 7) is 4.11. The molecule has 3 N–H and O–H groups in total. The van der Waals surface area contributed by atoms with Crippen LogP contribution >= 0.6 is 11.8 Å². The third-order valence-electron chi connectivity index (χ3n) is 4.12. The van der Waals surface area contributed by atoms with Gasteiger partial charge in [0, 0.05) is 22.3 Å². The van der Waals surface area contributed by atoms with Gasteiger partial charge in [0.25, 0.3) is 0 Å². The highest BCUT2D eigenvalue weighted by molar-refractivity contribution is 8.01. The van der Waals surface area contributed by atoms with E-state index < -0.39 is 10.8 Å². The molecule has 1 aromatic heterocycles. The molecule has 24 heavy (non-hydrogen) atoms. The van der Waals surface area contributed by atoms with Gasteiger partial charge in [-0.3, -0.25) is 9.59 Å². The number of nitrogens with one attached hydrogen (secondary N) is 3. The van der Waals surface area contributed by atoms with Gasteiger partial charge in [-0.25, -0.2) is 0 Å². The van der Waals surface area contributed by atoms with Crippen molar-refractivity contribution >= 4 is 34.5 Å². The summed E-state index contributed by atoms with van der Waals surface area (Å²) in [5.74, 6) is 1.11. The maximum atomic E-state index is 12.3. The number of aromatic nitrogens is 1. The van der Waals surface area contributed by atoms with Gasteiger partial charge in [0.2, 0.25) is 11.8 Å². The Morgan fingerprint density at radius 3 is 2.92 bits per heavy atom. The Kier molecular flexibility index (Phi) is 4.45. The van der Waals surface area contributed by atoms with E-state index in [1.807, 2.05) is 38.1 Å². The van der Waals surface area contributed by atoms with Crippen molar-refractivity contribution in [2.45, 2.75) is 31.2 Å². The summed E-state index contributed by atoms with van der Waals surface area (Å²) in [6.07, 6.45) is 0. The predicted molar refractivity (Wildman–Crippen MR) is 95.2 cm³/mol. The van der Waals surface area contributed by atoms with E-state index in [4.69, 9.17) is 4.74 Å². The van der Waals surface area contributed by atoms with Crippen molar-refractivity contribution in [3.05, 3.63) is 30.0 Å². The number of thioether (sulfide) groups is 1. The Morgan fingerprint density at radius 2 is 2.21 bits per heavy atom. The number of methoxy groups -OCH3 is 1. The molecule has 6 nitrogen and oxygen atoms in total. The Morgan fingerprint density at radius 1 is 1.42 bits per heavy atom. The van der Waals surface area contributed by atoms with Crippen molar-refractivity contribution in [2.75, 3.05) is 12.9 Å². The second-order valence-corrected chi connectivity index (χ2v) is 7.96. The number of hydrogen-bond acceptors (Lipinski definition) is 4. The number of benzene rings is 1. The van der Waals surface area contributed by atoms with Crippen LogP contribution in [-0.2, 0) is 16.1 Å². The number of fused-ring (bicyclic) bond motifs is 1.